The molecule has 0 aliphatic heterocycles. The van der Waals surface area contributed by atoms with Gasteiger partial charge in [-0.15, -0.1) is 6.58 Å². The van der Waals surface area contributed by atoms with Crippen LogP contribution in [0.15, 0.2) is 12.7 Å². The summed E-state index contributed by atoms with van der Waals surface area (Å²) in [5.74, 6) is 0. The number of hydrogen-bond acceptors (Lipinski definition) is 2. The van der Waals surface area contributed by atoms with E-state index in [4.69, 9.17) is 0 Å². The fourth-order valence-electron chi connectivity index (χ4n) is 1.52. The van der Waals surface area contributed by atoms with Crippen molar-refractivity contribution in [1.82, 2.24) is 9.13 Å². The Hall–Kier alpha value is -0.123. The van der Waals surface area contributed by atoms with Gasteiger partial charge in [0.25, 0.3) is 0 Å². The average Bonchev–Trinajstić information content (AvgIpc) is 1.85. The van der Waals surface area contributed by atoms with Crippen LogP contribution >= 0.6 is 0 Å². The molecule has 0 saturated carbocycles. The molecule has 0 heterocycles. The van der Waals surface area contributed by atoms with E-state index in [0.717, 1.165) is 0 Å². The van der Waals surface area contributed by atoms with Crippen molar-refractivity contribution in [1.29, 1.82) is 0 Å². The summed E-state index contributed by atoms with van der Waals surface area (Å²) < 4.78 is 4.68. The Morgan fingerprint density at radius 1 is 1.18 bits per heavy atom. The van der Waals surface area contributed by atoms with Crippen molar-refractivity contribution in [2.24, 2.45) is 0 Å². The van der Waals surface area contributed by atoms with Gasteiger partial charge in [0, 0.05) is 0 Å². The molecule has 11 heavy (non-hydrogen) atoms. The number of allylic oxidation sites excluding steroid dienone is 1. The van der Waals surface area contributed by atoms with Crippen molar-refractivity contribution in [3.05, 3.63) is 12.7 Å². The van der Waals surface area contributed by atoms with Crippen LogP contribution in [0.3, 0.4) is 0 Å². The molecule has 1 atom stereocenters. The van der Waals surface area contributed by atoms with Crippen LogP contribution < -0.4 is 0 Å². The summed E-state index contributed by atoms with van der Waals surface area (Å²) in [6, 6.07) is 0. The molecular weight excluding hydrogens is 152 g/mol. The van der Waals surface area contributed by atoms with Gasteiger partial charge in [-0.2, -0.15) is 0 Å². The van der Waals surface area contributed by atoms with Crippen molar-refractivity contribution in [3.63, 3.8) is 0 Å². The van der Waals surface area contributed by atoms with E-state index in [1.54, 1.807) is 0 Å². The van der Waals surface area contributed by atoms with Crippen LogP contribution in [0.1, 0.15) is 6.92 Å². The zero-order chi connectivity index (χ0) is 9.02. The van der Waals surface area contributed by atoms with Gasteiger partial charge in [-0.3, -0.25) is 0 Å². The maximum atomic E-state index is 3.83. The fourth-order valence-corrected chi connectivity index (χ4v) is 4.57. The lowest BCUT2D eigenvalue weighted by Gasteiger charge is -2.31. The first kappa shape index (κ1) is 10.9. The van der Waals surface area contributed by atoms with E-state index in [2.05, 4.69) is 56.9 Å². The highest BCUT2D eigenvalue weighted by atomic mass is 28.3. The van der Waals surface area contributed by atoms with Gasteiger partial charge in [0.1, 0.15) is 0 Å². The molecule has 66 valence electrons. The Labute approximate surface area is 72.3 Å². The zero-order valence-corrected chi connectivity index (χ0v) is 9.49. The highest BCUT2D eigenvalue weighted by molar-refractivity contribution is 6.54. The van der Waals surface area contributed by atoms with Crippen LogP contribution in [-0.2, 0) is 0 Å². The zero-order valence-electron chi connectivity index (χ0n) is 8.33. The predicted octanol–water partition coefficient (Wildman–Crippen LogP) is 0.906. The molecule has 0 fully saturated rings. The molecule has 0 aromatic heterocycles. The minimum atomic E-state index is -0.926. The van der Waals surface area contributed by atoms with Crippen LogP contribution in [0.4, 0.5) is 0 Å². The lowest BCUT2D eigenvalue weighted by Crippen LogP contribution is -2.47. The van der Waals surface area contributed by atoms with E-state index in [1.165, 1.54) is 0 Å². The van der Waals surface area contributed by atoms with E-state index < -0.39 is 9.12 Å². The van der Waals surface area contributed by atoms with Gasteiger partial charge in [0.2, 0.25) is 0 Å². The molecule has 0 aromatic carbocycles. The normalized spacial score (nSPS) is 14.5. The summed E-state index contributed by atoms with van der Waals surface area (Å²) in [6.07, 6.45) is 2.05. The van der Waals surface area contributed by atoms with Crippen LogP contribution in [-0.4, -0.2) is 46.4 Å². The summed E-state index contributed by atoms with van der Waals surface area (Å²) in [5, 5.41) is 0. The quantitative estimate of drug-likeness (QED) is 0.459. The van der Waals surface area contributed by atoms with Gasteiger partial charge < -0.3 is 9.13 Å². The molecule has 3 heteroatoms. The SMILES string of the molecule is C=CC(C)[SiH](N(C)C)N(C)C. The van der Waals surface area contributed by atoms with Gasteiger partial charge in [0.05, 0.1) is 0 Å². The first-order valence-electron chi connectivity index (χ1n) is 3.96. The topological polar surface area (TPSA) is 6.48 Å². The van der Waals surface area contributed by atoms with Crippen LogP contribution in [0.25, 0.3) is 0 Å². The van der Waals surface area contributed by atoms with E-state index in [0.29, 0.717) is 5.54 Å². The Balaban J connectivity index is 4.20. The smallest absolute Gasteiger partial charge is 0.195 e. The molecule has 0 aliphatic rings. The van der Waals surface area contributed by atoms with E-state index in [1.807, 2.05) is 0 Å². The summed E-state index contributed by atoms with van der Waals surface area (Å²) >= 11 is 0. The van der Waals surface area contributed by atoms with Crippen LogP contribution in [0.5, 0.6) is 0 Å². The van der Waals surface area contributed by atoms with E-state index in [-0.39, 0.29) is 0 Å². The molecule has 0 aliphatic carbocycles. The third-order valence-corrected chi connectivity index (χ3v) is 5.23. The first-order valence-corrected chi connectivity index (χ1v) is 5.66. The fraction of sp³-hybridized carbons (Fsp3) is 0.750. The van der Waals surface area contributed by atoms with E-state index in [9.17, 15) is 0 Å². The largest absolute Gasteiger partial charge is 0.319 e. The van der Waals surface area contributed by atoms with Crippen molar-refractivity contribution in [3.8, 4) is 0 Å². The molecule has 0 aromatic rings. The summed E-state index contributed by atoms with van der Waals surface area (Å²) in [5.41, 5.74) is 0.639. The molecule has 2 nitrogen and oxygen atoms in total. The third kappa shape index (κ3) is 3.18. The Bertz CT molecular complexity index is 115. The van der Waals surface area contributed by atoms with Gasteiger partial charge >= 0.3 is 0 Å². The maximum Gasteiger partial charge on any atom is 0.195 e. The van der Waals surface area contributed by atoms with Crippen molar-refractivity contribution < 1.29 is 0 Å². The molecule has 0 amide bonds. The summed E-state index contributed by atoms with van der Waals surface area (Å²) in [7, 11) is 7.67. The van der Waals surface area contributed by atoms with Crippen molar-refractivity contribution in [2.45, 2.75) is 12.5 Å². The van der Waals surface area contributed by atoms with Gasteiger partial charge in [0.15, 0.2) is 9.12 Å². The molecule has 0 spiro atoms. The second-order valence-electron chi connectivity index (χ2n) is 3.44. The highest BCUT2D eigenvalue weighted by Crippen LogP contribution is 2.12. The Morgan fingerprint density at radius 3 is 1.64 bits per heavy atom. The molecule has 0 radical (unpaired) electrons. The Kier molecular flexibility index (Phi) is 4.64. The van der Waals surface area contributed by atoms with Crippen molar-refractivity contribution in [2.75, 3.05) is 28.2 Å². The standard InChI is InChI=1S/C8H20N2Si/c1-7-8(2)11(9(3)4)10(5)6/h7-8,11H,1H2,2-6H3. The summed E-state index contributed by atoms with van der Waals surface area (Å²) in [6.45, 7) is 6.07. The van der Waals surface area contributed by atoms with Gasteiger partial charge in [-0.1, -0.05) is 13.0 Å². The van der Waals surface area contributed by atoms with Crippen LogP contribution in [0.2, 0.25) is 5.54 Å². The van der Waals surface area contributed by atoms with Gasteiger partial charge in [-0.25, -0.2) is 0 Å². The molecule has 1 unspecified atom stereocenters. The minimum Gasteiger partial charge on any atom is -0.319 e. The molecule has 0 saturated heterocycles. The predicted molar refractivity (Wildman–Crippen MR) is 54.1 cm³/mol. The highest BCUT2D eigenvalue weighted by Gasteiger charge is 2.21. The second kappa shape index (κ2) is 4.69. The van der Waals surface area contributed by atoms with E-state index >= 15 is 0 Å². The lowest BCUT2D eigenvalue weighted by atomic mass is 10.5. The molecular formula is C8H20N2Si. The number of rotatable bonds is 4. The average molecular weight is 172 g/mol. The third-order valence-electron chi connectivity index (χ3n) is 1.90. The first-order chi connectivity index (χ1) is 5.00. The maximum absolute atomic E-state index is 3.83. The minimum absolute atomic E-state index is 0.639. The Morgan fingerprint density at radius 2 is 1.55 bits per heavy atom. The number of hydrogen-bond donors (Lipinski definition) is 0. The lowest BCUT2D eigenvalue weighted by molar-refractivity contribution is 0.506. The van der Waals surface area contributed by atoms with Crippen LogP contribution in [0, 0.1) is 0 Å². The van der Waals surface area contributed by atoms with Gasteiger partial charge in [-0.05, 0) is 33.7 Å². The van der Waals surface area contributed by atoms with Crippen molar-refractivity contribution >= 4 is 9.12 Å². The summed E-state index contributed by atoms with van der Waals surface area (Å²) in [4.78, 5) is 0. The second-order valence-corrected chi connectivity index (χ2v) is 7.38. The monoisotopic (exact) mass is 172 g/mol. The molecule has 0 rings (SSSR count). The number of nitrogens with zero attached hydrogens (tertiary/aromatic N) is 2. The molecule has 0 bridgehead atoms. The molecule has 0 N–H and O–H groups in total.